The van der Waals surface area contributed by atoms with Gasteiger partial charge in [0.15, 0.2) is 0 Å². The number of nitrogens with one attached hydrogen (secondary N) is 1. The summed E-state index contributed by atoms with van der Waals surface area (Å²) in [5, 5.41) is 14.3. The molecular formula is C14H20N2O2. The van der Waals surface area contributed by atoms with E-state index in [0.717, 1.165) is 24.4 Å². The molecule has 1 N–H and O–H groups in total. The molecule has 1 saturated carbocycles. The SMILES string of the molecule is CCCC1CC1NCCc1ccccc1[N+](=O)[O-]. The highest BCUT2D eigenvalue weighted by Gasteiger charge is 2.35. The van der Waals surface area contributed by atoms with E-state index in [1.807, 2.05) is 12.1 Å². The average Bonchev–Trinajstić information content (AvgIpc) is 3.08. The Hall–Kier alpha value is -1.42. The lowest BCUT2D eigenvalue weighted by Gasteiger charge is -2.05. The van der Waals surface area contributed by atoms with Crippen LogP contribution in [0.25, 0.3) is 0 Å². The third kappa shape index (κ3) is 3.29. The van der Waals surface area contributed by atoms with E-state index in [4.69, 9.17) is 0 Å². The molecule has 18 heavy (non-hydrogen) atoms. The summed E-state index contributed by atoms with van der Waals surface area (Å²) in [5.41, 5.74) is 1.06. The molecule has 2 rings (SSSR count). The zero-order chi connectivity index (χ0) is 13.0. The molecule has 0 radical (unpaired) electrons. The first-order valence-electron chi connectivity index (χ1n) is 6.68. The van der Waals surface area contributed by atoms with E-state index >= 15 is 0 Å². The van der Waals surface area contributed by atoms with Gasteiger partial charge < -0.3 is 5.32 Å². The van der Waals surface area contributed by atoms with Crippen LogP contribution in [-0.2, 0) is 6.42 Å². The third-order valence-corrected chi connectivity index (χ3v) is 3.57. The minimum Gasteiger partial charge on any atom is -0.313 e. The fourth-order valence-electron chi connectivity index (χ4n) is 2.48. The summed E-state index contributed by atoms with van der Waals surface area (Å²) in [6.07, 6.45) is 4.54. The first-order valence-corrected chi connectivity index (χ1v) is 6.68. The second kappa shape index (κ2) is 5.96. The predicted octanol–water partition coefficient (Wildman–Crippen LogP) is 2.92. The number of para-hydroxylation sites is 1. The van der Waals surface area contributed by atoms with Gasteiger partial charge in [0.05, 0.1) is 4.92 Å². The van der Waals surface area contributed by atoms with E-state index in [1.165, 1.54) is 19.3 Å². The summed E-state index contributed by atoms with van der Waals surface area (Å²) in [7, 11) is 0. The van der Waals surface area contributed by atoms with Gasteiger partial charge in [-0.25, -0.2) is 0 Å². The number of nitro benzene ring substituents is 1. The summed E-state index contributed by atoms with van der Waals surface area (Å²) < 4.78 is 0. The molecule has 2 unspecified atom stereocenters. The molecule has 98 valence electrons. The molecular weight excluding hydrogens is 228 g/mol. The van der Waals surface area contributed by atoms with E-state index < -0.39 is 0 Å². The van der Waals surface area contributed by atoms with Gasteiger partial charge in [-0.2, -0.15) is 0 Å². The van der Waals surface area contributed by atoms with Crippen molar-refractivity contribution >= 4 is 5.69 Å². The molecule has 4 heteroatoms. The molecule has 0 bridgehead atoms. The quantitative estimate of drug-likeness (QED) is 0.596. The van der Waals surface area contributed by atoms with Crippen LogP contribution >= 0.6 is 0 Å². The van der Waals surface area contributed by atoms with Gasteiger partial charge in [0, 0.05) is 17.7 Å². The van der Waals surface area contributed by atoms with E-state index in [0.29, 0.717) is 6.04 Å². The molecule has 4 nitrogen and oxygen atoms in total. The first-order chi connectivity index (χ1) is 8.72. The van der Waals surface area contributed by atoms with E-state index in [-0.39, 0.29) is 10.6 Å². The molecule has 0 aromatic heterocycles. The maximum atomic E-state index is 10.9. The lowest BCUT2D eigenvalue weighted by molar-refractivity contribution is -0.385. The van der Waals surface area contributed by atoms with Crippen LogP contribution in [0.4, 0.5) is 5.69 Å². The Bertz CT molecular complexity index is 420. The molecule has 1 aromatic rings. The Morgan fingerprint density at radius 2 is 2.22 bits per heavy atom. The van der Waals surface area contributed by atoms with Crippen molar-refractivity contribution in [3.8, 4) is 0 Å². The number of hydrogen-bond acceptors (Lipinski definition) is 3. The van der Waals surface area contributed by atoms with Crippen LogP contribution in [0.2, 0.25) is 0 Å². The second-order valence-corrected chi connectivity index (χ2v) is 4.98. The monoisotopic (exact) mass is 248 g/mol. The minimum atomic E-state index is -0.299. The highest BCUT2D eigenvalue weighted by atomic mass is 16.6. The molecule has 0 saturated heterocycles. The molecule has 2 atom stereocenters. The third-order valence-electron chi connectivity index (χ3n) is 3.57. The van der Waals surface area contributed by atoms with Gasteiger partial charge in [0.25, 0.3) is 5.69 Å². The van der Waals surface area contributed by atoms with Crippen molar-refractivity contribution in [2.75, 3.05) is 6.54 Å². The van der Waals surface area contributed by atoms with Crippen LogP contribution in [-0.4, -0.2) is 17.5 Å². The van der Waals surface area contributed by atoms with Crippen LogP contribution < -0.4 is 5.32 Å². The molecule has 0 heterocycles. The average molecular weight is 248 g/mol. The van der Waals surface area contributed by atoms with Crippen LogP contribution in [0.1, 0.15) is 31.7 Å². The van der Waals surface area contributed by atoms with Crippen LogP contribution in [0.15, 0.2) is 24.3 Å². The summed E-state index contributed by atoms with van der Waals surface area (Å²) in [6.45, 7) is 3.04. The fourth-order valence-corrected chi connectivity index (χ4v) is 2.48. The van der Waals surface area contributed by atoms with Gasteiger partial charge in [0.2, 0.25) is 0 Å². The fraction of sp³-hybridized carbons (Fsp3) is 0.571. The van der Waals surface area contributed by atoms with Crippen molar-refractivity contribution in [2.24, 2.45) is 5.92 Å². The summed E-state index contributed by atoms with van der Waals surface area (Å²) in [4.78, 5) is 10.6. The topological polar surface area (TPSA) is 55.2 Å². The molecule has 1 aliphatic rings. The molecule has 0 aliphatic heterocycles. The van der Waals surface area contributed by atoms with E-state index in [1.54, 1.807) is 12.1 Å². The standard InChI is InChI=1S/C14H20N2O2/c1-2-5-12-10-13(12)15-9-8-11-6-3-4-7-14(11)16(17)18/h3-4,6-7,12-13,15H,2,5,8-10H2,1H3. The number of benzene rings is 1. The van der Waals surface area contributed by atoms with Crippen molar-refractivity contribution in [2.45, 2.75) is 38.6 Å². The minimum absolute atomic E-state index is 0.236. The molecule has 0 amide bonds. The van der Waals surface area contributed by atoms with E-state index in [2.05, 4.69) is 12.2 Å². The number of nitrogens with zero attached hydrogens (tertiary/aromatic N) is 1. The summed E-state index contributed by atoms with van der Waals surface area (Å²) in [5.74, 6) is 0.834. The largest absolute Gasteiger partial charge is 0.313 e. The normalized spacial score (nSPS) is 21.8. The van der Waals surface area contributed by atoms with Gasteiger partial charge in [-0.3, -0.25) is 10.1 Å². The van der Waals surface area contributed by atoms with Crippen molar-refractivity contribution in [1.82, 2.24) is 5.32 Å². The molecule has 1 fully saturated rings. The predicted molar refractivity (Wildman–Crippen MR) is 71.6 cm³/mol. The maximum Gasteiger partial charge on any atom is 0.272 e. The number of hydrogen-bond donors (Lipinski definition) is 1. The Morgan fingerprint density at radius 1 is 1.44 bits per heavy atom. The first kappa shape index (κ1) is 13.0. The molecule has 1 aliphatic carbocycles. The lowest BCUT2D eigenvalue weighted by Crippen LogP contribution is -2.21. The highest BCUT2D eigenvalue weighted by Crippen LogP contribution is 2.34. The van der Waals surface area contributed by atoms with Crippen LogP contribution in [0, 0.1) is 16.0 Å². The maximum absolute atomic E-state index is 10.9. The Balaban J connectivity index is 1.79. The van der Waals surface area contributed by atoms with Crippen molar-refractivity contribution < 1.29 is 4.92 Å². The Morgan fingerprint density at radius 3 is 2.94 bits per heavy atom. The van der Waals surface area contributed by atoms with Crippen molar-refractivity contribution in [3.05, 3.63) is 39.9 Å². The van der Waals surface area contributed by atoms with Crippen LogP contribution in [0.5, 0.6) is 0 Å². The Kier molecular flexibility index (Phi) is 4.31. The van der Waals surface area contributed by atoms with Gasteiger partial charge in [-0.05, 0) is 31.7 Å². The summed E-state index contributed by atoms with van der Waals surface area (Å²) >= 11 is 0. The zero-order valence-corrected chi connectivity index (χ0v) is 10.8. The van der Waals surface area contributed by atoms with Crippen molar-refractivity contribution in [1.29, 1.82) is 0 Å². The van der Waals surface area contributed by atoms with Crippen LogP contribution in [0.3, 0.4) is 0 Å². The zero-order valence-electron chi connectivity index (χ0n) is 10.8. The summed E-state index contributed by atoms with van der Waals surface area (Å²) in [6, 6.07) is 7.64. The lowest BCUT2D eigenvalue weighted by atomic mass is 10.1. The van der Waals surface area contributed by atoms with Gasteiger partial charge in [0.1, 0.15) is 0 Å². The number of rotatable bonds is 7. The molecule has 0 spiro atoms. The van der Waals surface area contributed by atoms with E-state index in [9.17, 15) is 10.1 Å². The van der Waals surface area contributed by atoms with Gasteiger partial charge in [-0.15, -0.1) is 0 Å². The Labute approximate surface area is 108 Å². The number of nitro groups is 1. The highest BCUT2D eigenvalue weighted by molar-refractivity contribution is 5.39. The molecule has 1 aromatic carbocycles. The van der Waals surface area contributed by atoms with Gasteiger partial charge in [-0.1, -0.05) is 31.5 Å². The van der Waals surface area contributed by atoms with Gasteiger partial charge >= 0.3 is 0 Å². The second-order valence-electron chi connectivity index (χ2n) is 4.98. The smallest absolute Gasteiger partial charge is 0.272 e. The van der Waals surface area contributed by atoms with Crippen molar-refractivity contribution in [3.63, 3.8) is 0 Å².